The lowest BCUT2D eigenvalue weighted by Crippen LogP contribution is -2.41. The molecule has 6 nitrogen and oxygen atoms in total. The van der Waals surface area contributed by atoms with Crippen molar-refractivity contribution in [2.24, 2.45) is 0 Å². The van der Waals surface area contributed by atoms with E-state index in [0.29, 0.717) is 11.4 Å². The van der Waals surface area contributed by atoms with E-state index in [4.69, 9.17) is 4.74 Å². The number of rotatable bonds is 7. The number of methoxy groups -OCH3 is 1. The Kier molecular flexibility index (Phi) is 6.89. The maximum absolute atomic E-state index is 12.5. The van der Waals surface area contributed by atoms with Gasteiger partial charge in [0, 0.05) is 10.0 Å². The van der Waals surface area contributed by atoms with Crippen molar-refractivity contribution in [2.45, 2.75) is 19.9 Å². The highest BCUT2D eigenvalue weighted by Gasteiger charge is 2.23. The third-order valence-electron chi connectivity index (χ3n) is 4.10. The molecule has 0 saturated heterocycles. The molecule has 0 heterocycles. The number of ether oxygens (including phenoxy) is 1. The van der Waals surface area contributed by atoms with Gasteiger partial charge in [0.25, 0.3) is 0 Å². The fourth-order valence-electron chi connectivity index (χ4n) is 2.70. The number of aryl methyl sites for hydroxylation is 1. The van der Waals surface area contributed by atoms with Gasteiger partial charge >= 0.3 is 0 Å². The van der Waals surface area contributed by atoms with E-state index in [1.54, 1.807) is 25.3 Å². The van der Waals surface area contributed by atoms with Crippen molar-refractivity contribution in [3.05, 3.63) is 58.1 Å². The van der Waals surface area contributed by atoms with E-state index in [2.05, 4.69) is 21.2 Å². The number of carbonyl (C=O) groups excluding carboxylic acids is 1. The molecule has 27 heavy (non-hydrogen) atoms. The fraction of sp³-hybridized carbons (Fsp3) is 0.316. The van der Waals surface area contributed by atoms with E-state index in [1.165, 1.54) is 0 Å². The first kappa shape index (κ1) is 21.2. The van der Waals surface area contributed by atoms with Gasteiger partial charge in [-0.25, -0.2) is 8.42 Å². The molecule has 0 spiro atoms. The van der Waals surface area contributed by atoms with Crippen molar-refractivity contribution in [3.63, 3.8) is 0 Å². The highest BCUT2D eigenvalue weighted by Crippen LogP contribution is 2.26. The minimum atomic E-state index is -3.62. The molecule has 0 bridgehead atoms. The summed E-state index contributed by atoms with van der Waals surface area (Å²) in [5.41, 5.74) is 2.14. The molecule has 0 aliphatic carbocycles. The van der Waals surface area contributed by atoms with Crippen molar-refractivity contribution < 1.29 is 17.9 Å². The Morgan fingerprint density at radius 2 is 1.93 bits per heavy atom. The highest BCUT2D eigenvalue weighted by atomic mass is 79.9. The number of carbonyl (C=O) groups is 1. The summed E-state index contributed by atoms with van der Waals surface area (Å²) < 4.78 is 31.7. The predicted octanol–water partition coefficient (Wildman–Crippen LogP) is 3.41. The molecule has 0 saturated carbocycles. The van der Waals surface area contributed by atoms with Gasteiger partial charge in [0.2, 0.25) is 15.9 Å². The quantitative estimate of drug-likeness (QED) is 0.695. The molecule has 0 aliphatic rings. The average molecular weight is 455 g/mol. The lowest BCUT2D eigenvalue weighted by atomic mass is 10.1. The van der Waals surface area contributed by atoms with Gasteiger partial charge in [-0.2, -0.15) is 0 Å². The van der Waals surface area contributed by atoms with Crippen LogP contribution in [0.25, 0.3) is 0 Å². The van der Waals surface area contributed by atoms with Crippen LogP contribution in [0.3, 0.4) is 0 Å². The normalized spacial score (nSPS) is 12.3. The lowest BCUT2D eigenvalue weighted by molar-refractivity contribution is -0.120. The summed E-state index contributed by atoms with van der Waals surface area (Å²) in [7, 11) is -2.06. The Hall–Kier alpha value is -2.06. The first-order valence-corrected chi connectivity index (χ1v) is 10.9. The Morgan fingerprint density at radius 3 is 2.52 bits per heavy atom. The van der Waals surface area contributed by atoms with Crippen molar-refractivity contribution in [3.8, 4) is 5.75 Å². The summed E-state index contributed by atoms with van der Waals surface area (Å²) in [6.45, 7) is 3.38. The molecular formula is C19H23BrN2O4S. The van der Waals surface area contributed by atoms with Crippen LogP contribution < -0.4 is 14.4 Å². The number of anilines is 1. The van der Waals surface area contributed by atoms with Gasteiger partial charge < -0.3 is 10.1 Å². The van der Waals surface area contributed by atoms with Crippen LogP contribution >= 0.6 is 15.9 Å². The third kappa shape index (κ3) is 5.46. The van der Waals surface area contributed by atoms with E-state index in [9.17, 15) is 13.2 Å². The second-order valence-corrected chi connectivity index (χ2v) is 9.00. The third-order valence-corrected chi connectivity index (χ3v) is 6.13. The number of benzene rings is 2. The fourth-order valence-corrected chi connectivity index (χ4v) is 3.80. The summed E-state index contributed by atoms with van der Waals surface area (Å²) in [6, 6.07) is 12.2. The first-order valence-electron chi connectivity index (χ1n) is 8.29. The van der Waals surface area contributed by atoms with Crippen LogP contribution in [0.1, 0.15) is 24.1 Å². The molecule has 2 aromatic carbocycles. The molecule has 1 atom stereocenters. The number of hydrogen-bond donors (Lipinski definition) is 1. The molecule has 1 N–H and O–H groups in total. The minimum absolute atomic E-state index is 0.306. The molecule has 0 aromatic heterocycles. The zero-order valence-corrected chi connectivity index (χ0v) is 18.1. The molecule has 2 aromatic rings. The van der Waals surface area contributed by atoms with Crippen molar-refractivity contribution in [1.82, 2.24) is 5.32 Å². The molecule has 0 radical (unpaired) electrons. The van der Waals surface area contributed by atoms with Gasteiger partial charge in [-0.1, -0.05) is 34.1 Å². The number of amides is 1. The number of para-hydroxylation sites is 1. The molecule has 8 heteroatoms. The Morgan fingerprint density at radius 1 is 1.26 bits per heavy atom. The number of halogens is 1. The molecule has 0 unspecified atom stereocenters. The number of sulfonamides is 1. The largest absolute Gasteiger partial charge is 0.496 e. The minimum Gasteiger partial charge on any atom is -0.496 e. The second kappa shape index (κ2) is 8.75. The van der Waals surface area contributed by atoms with Crippen molar-refractivity contribution >= 4 is 37.5 Å². The number of hydrogen-bond acceptors (Lipinski definition) is 4. The van der Waals surface area contributed by atoms with E-state index in [-0.39, 0.29) is 12.6 Å². The zero-order valence-electron chi connectivity index (χ0n) is 15.7. The Bertz CT molecular complexity index is 931. The summed E-state index contributed by atoms with van der Waals surface area (Å²) in [5, 5.41) is 2.83. The van der Waals surface area contributed by atoms with Crippen LogP contribution in [-0.2, 0) is 14.8 Å². The van der Waals surface area contributed by atoms with Crippen molar-refractivity contribution in [2.75, 3.05) is 24.2 Å². The van der Waals surface area contributed by atoms with Gasteiger partial charge in [0.15, 0.2) is 0 Å². The van der Waals surface area contributed by atoms with Crippen LogP contribution in [-0.4, -0.2) is 34.2 Å². The second-order valence-electron chi connectivity index (χ2n) is 6.23. The van der Waals surface area contributed by atoms with Crippen LogP contribution in [0.15, 0.2) is 46.9 Å². The lowest BCUT2D eigenvalue weighted by Gasteiger charge is -2.24. The van der Waals surface area contributed by atoms with E-state index < -0.39 is 15.9 Å². The first-order chi connectivity index (χ1) is 12.6. The summed E-state index contributed by atoms with van der Waals surface area (Å²) in [6.07, 6.45) is 1.08. The van der Waals surface area contributed by atoms with Crippen LogP contribution in [0.4, 0.5) is 5.69 Å². The number of nitrogens with one attached hydrogen (secondary N) is 1. The summed E-state index contributed by atoms with van der Waals surface area (Å²) >= 11 is 3.39. The Balaban J connectivity index is 2.20. The predicted molar refractivity (Wildman–Crippen MR) is 111 cm³/mol. The van der Waals surface area contributed by atoms with E-state index in [0.717, 1.165) is 26.2 Å². The topological polar surface area (TPSA) is 75.7 Å². The SMILES string of the molecule is COc1ccccc1[C@@H](C)NC(=O)CN(c1ccc(Br)c(C)c1)S(C)(=O)=O. The number of nitrogens with zero attached hydrogens (tertiary/aromatic N) is 1. The van der Waals surface area contributed by atoms with Crippen LogP contribution in [0.5, 0.6) is 5.75 Å². The maximum atomic E-state index is 12.5. The van der Waals surface area contributed by atoms with Gasteiger partial charge in [0.05, 0.1) is 25.1 Å². The van der Waals surface area contributed by atoms with Gasteiger partial charge in [-0.3, -0.25) is 9.10 Å². The Labute approximate surface area is 168 Å². The van der Waals surface area contributed by atoms with Crippen LogP contribution in [0.2, 0.25) is 0 Å². The van der Waals surface area contributed by atoms with Gasteiger partial charge in [-0.15, -0.1) is 0 Å². The maximum Gasteiger partial charge on any atom is 0.241 e. The summed E-state index contributed by atoms with van der Waals surface area (Å²) in [5.74, 6) is 0.258. The zero-order chi connectivity index (χ0) is 20.2. The molecule has 146 valence electrons. The smallest absolute Gasteiger partial charge is 0.241 e. The van der Waals surface area contributed by atoms with Crippen LogP contribution in [0, 0.1) is 6.92 Å². The monoisotopic (exact) mass is 454 g/mol. The van der Waals surface area contributed by atoms with E-state index >= 15 is 0 Å². The summed E-state index contributed by atoms with van der Waals surface area (Å²) in [4.78, 5) is 12.5. The van der Waals surface area contributed by atoms with Crippen molar-refractivity contribution in [1.29, 1.82) is 0 Å². The standard InChI is InChI=1S/C19H23BrN2O4S/c1-13-11-15(9-10-17(13)20)22(27(4,24)25)12-19(23)21-14(2)16-7-5-6-8-18(16)26-3/h5-11,14H,12H2,1-4H3,(H,21,23)/t14-/m1/s1. The molecule has 1 amide bonds. The van der Waals surface area contributed by atoms with E-state index in [1.807, 2.05) is 38.1 Å². The molecule has 0 aliphatic heterocycles. The molecular weight excluding hydrogens is 432 g/mol. The van der Waals surface area contributed by atoms with Gasteiger partial charge in [0.1, 0.15) is 12.3 Å². The average Bonchev–Trinajstić information content (AvgIpc) is 2.61. The molecule has 2 rings (SSSR count). The molecule has 0 fully saturated rings. The highest BCUT2D eigenvalue weighted by molar-refractivity contribution is 9.10. The van der Waals surface area contributed by atoms with Gasteiger partial charge in [-0.05, 0) is 43.7 Å².